The Bertz CT molecular complexity index is 131. The van der Waals surface area contributed by atoms with Crippen LogP contribution in [0.15, 0.2) is 24.3 Å². The van der Waals surface area contributed by atoms with E-state index >= 15 is 0 Å². The lowest BCUT2D eigenvalue weighted by atomic mass is 10.0. The molecule has 0 heteroatoms. The smallest absolute Gasteiger partial charge is 0.00819 e. The van der Waals surface area contributed by atoms with Crippen molar-refractivity contribution < 1.29 is 0 Å². The molecule has 64 valence electrons. The molecule has 0 aliphatic heterocycles. The van der Waals surface area contributed by atoms with E-state index < -0.39 is 0 Å². The van der Waals surface area contributed by atoms with E-state index in [0.717, 1.165) is 5.92 Å². The lowest BCUT2D eigenvalue weighted by Gasteiger charge is -2.01. The first-order valence-electron chi connectivity index (χ1n) is 4.51. The van der Waals surface area contributed by atoms with E-state index in [0.29, 0.717) is 5.92 Å². The fourth-order valence-corrected chi connectivity index (χ4v) is 0.869. The molecule has 0 saturated heterocycles. The van der Waals surface area contributed by atoms with Gasteiger partial charge in [-0.05, 0) is 18.8 Å². The standard InChI is InChI=1S/C11H20/c1-5-7-11(4)9-8-10(3)6-2/h5,7-11H,6H2,1-4H3/b7-5-,9-8+. The molecular formula is C11H20. The highest BCUT2D eigenvalue weighted by Gasteiger charge is 1.92. The van der Waals surface area contributed by atoms with E-state index in [2.05, 4.69) is 52.0 Å². The predicted molar refractivity (Wildman–Crippen MR) is 52.6 cm³/mol. The SMILES string of the molecule is C/C=C\C(C)/C=C/C(C)CC. The van der Waals surface area contributed by atoms with Gasteiger partial charge in [-0.2, -0.15) is 0 Å². The van der Waals surface area contributed by atoms with Crippen molar-refractivity contribution in [2.75, 3.05) is 0 Å². The summed E-state index contributed by atoms with van der Waals surface area (Å²) < 4.78 is 0. The van der Waals surface area contributed by atoms with E-state index in [-0.39, 0.29) is 0 Å². The molecule has 0 radical (unpaired) electrons. The molecule has 0 fully saturated rings. The Balaban J connectivity index is 3.72. The Hall–Kier alpha value is -0.520. The number of hydrogen-bond acceptors (Lipinski definition) is 0. The topological polar surface area (TPSA) is 0 Å². The molecule has 0 amide bonds. The maximum atomic E-state index is 2.30. The average molecular weight is 152 g/mol. The van der Waals surface area contributed by atoms with E-state index in [1.54, 1.807) is 0 Å². The Labute approximate surface area is 71.0 Å². The molecule has 0 bridgehead atoms. The molecule has 0 rings (SSSR count). The van der Waals surface area contributed by atoms with E-state index in [4.69, 9.17) is 0 Å². The molecule has 2 unspecified atom stereocenters. The number of rotatable bonds is 4. The van der Waals surface area contributed by atoms with Gasteiger partial charge in [0, 0.05) is 0 Å². The molecule has 0 heterocycles. The number of hydrogen-bond donors (Lipinski definition) is 0. The third-order valence-corrected chi connectivity index (χ3v) is 1.88. The maximum absolute atomic E-state index is 2.30. The average Bonchev–Trinajstić information content (AvgIpc) is 2.01. The fourth-order valence-electron chi connectivity index (χ4n) is 0.869. The first kappa shape index (κ1) is 10.5. The summed E-state index contributed by atoms with van der Waals surface area (Å²) >= 11 is 0. The number of allylic oxidation sites excluding steroid dienone is 4. The third kappa shape index (κ3) is 5.90. The summed E-state index contributed by atoms with van der Waals surface area (Å²) in [6, 6.07) is 0. The zero-order valence-corrected chi connectivity index (χ0v) is 8.17. The van der Waals surface area contributed by atoms with Crippen molar-refractivity contribution in [2.24, 2.45) is 11.8 Å². The fraction of sp³-hybridized carbons (Fsp3) is 0.636. The Morgan fingerprint density at radius 2 is 1.73 bits per heavy atom. The van der Waals surface area contributed by atoms with Gasteiger partial charge in [0.15, 0.2) is 0 Å². The van der Waals surface area contributed by atoms with Gasteiger partial charge in [-0.3, -0.25) is 0 Å². The van der Waals surface area contributed by atoms with Gasteiger partial charge in [-0.1, -0.05) is 51.5 Å². The van der Waals surface area contributed by atoms with Crippen molar-refractivity contribution in [3.8, 4) is 0 Å². The van der Waals surface area contributed by atoms with E-state index in [1.165, 1.54) is 6.42 Å². The van der Waals surface area contributed by atoms with Crippen molar-refractivity contribution in [1.82, 2.24) is 0 Å². The highest BCUT2D eigenvalue weighted by molar-refractivity contribution is 4.98. The van der Waals surface area contributed by atoms with Crippen molar-refractivity contribution in [2.45, 2.75) is 34.1 Å². The maximum Gasteiger partial charge on any atom is -0.00819 e. The summed E-state index contributed by atoms with van der Waals surface area (Å²) in [5.74, 6) is 1.32. The largest absolute Gasteiger partial charge is 0.0911 e. The van der Waals surface area contributed by atoms with Crippen LogP contribution in [0.2, 0.25) is 0 Å². The summed E-state index contributed by atoms with van der Waals surface area (Å²) in [6.45, 7) is 8.74. The van der Waals surface area contributed by atoms with E-state index in [1.807, 2.05) is 0 Å². The lowest BCUT2D eigenvalue weighted by molar-refractivity contribution is 0.691. The monoisotopic (exact) mass is 152 g/mol. The zero-order valence-electron chi connectivity index (χ0n) is 8.17. The Morgan fingerprint density at radius 1 is 1.09 bits per heavy atom. The van der Waals surface area contributed by atoms with Crippen LogP contribution in [-0.2, 0) is 0 Å². The lowest BCUT2D eigenvalue weighted by Crippen LogP contribution is -1.87. The second-order valence-corrected chi connectivity index (χ2v) is 3.16. The highest BCUT2D eigenvalue weighted by Crippen LogP contribution is 2.06. The molecule has 2 atom stereocenters. The molecule has 0 aromatic carbocycles. The normalized spacial score (nSPS) is 17.8. The molecule has 0 aliphatic rings. The van der Waals surface area contributed by atoms with Crippen LogP contribution < -0.4 is 0 Å². The molecule has 0 saturated carbocycles. The minimum Gasteiger partial charge on any atom is -0.0911 e. The van der Waals surface area contributed by atoms with Gasteiger partial charge in [-0.25, -0.2) is 0 Å². The summed E-state index contributed by atoms with van der Waals surface area (Å²) in [7, 11) is 0. The molecule has 0 aromatic heterocycles. The van der Waals surface area contributed by atoms with Crippen LogP contribution in [0, 0.1) is 11.8 Å². The van der Waals surface area contributed by atoms with Gasteiger partial charge in [0.2, 0.25) is 0 Å². The van der Waals surface area contributed by atoms with E-state index in [9.17, 15) is 0 Å². The second kappa shape index (κ2) is 6.21. The third-order valence-electron chi connectivity index (χ3n) is 1.88. The van der Waals surface area contributed by atoms with Crippen molar-refractivity contribution in [3.63, 3.8) is 0 Å². The predicted octanol–water partition coefficient (Wildman–Crippen LogP) is 3.80. The van der Waals surface area contributed by atoms with Crippen LogP contribution in [0.25, 0.3) is 0 Å². The van der Waals surface area contributed by atoms with Gasteiger partial charge < -0.3 is 0 Å². The molecule has 0 aliphatic carbocycles. The second-order valence-electron chi connectivity index (χ2n) is 3.16. The van der Waals surface area contributed by atoms with Crippen molar-refractivity contribution in [3.05, 3.63) is 24.3 Å². The van der Waals surface area contributed by atoms with Gasteiger partial charge >= 0.3 is 0 Å². The molecule has 0 nitrogen and oxygen atoms in total. The minimum atomic E-state index is 0.592. The van der Waals surface area contributed by atoms with Crippen LogP contribution in [-0.4, -0.2) is 0 Å². The van der Waals surface area contributed by atoms with Crippen LogP contribution in [0.4, 0.5) is 0 Å². The van der Waals surface area contributed by atoms with Crippen LogP contribution in [0.5, 0.6) is 0 Å². The zero-order chi connectivity index (χ0) is 8.69. The highest BCUT2D eigenvalue weighted by atomic mass is 14.0. The Morgan fingerprint density at radius 3 is 2.18 bits per heavy atom. The van der Waals surface area contributed by atoms with Gasteiger partial charge in [0.25, 0.3) is 0 Å². The molecule has 11 heavy (non-hydrogen) atoms. The van der Waals surface area contributed by atoms with Crippen LogP contribution in [0.1, 0.15) is 34.1 Å². The van der Waals surface area contributed by atoms with Crippen molar-refractivity contribution in [1.29, 1.82) is 0 Å². The molecular weight excluding hydrogens is 132 g/mol. The molecule has 0 spiro atoms. The minimum absolute atomic E-state index is 0.592. The summed E-state index contributed by atoms with van der Waals surface area (Å²) in [6.07, 6.45) is 10.1. The van der Waals surface area contributed by atoms with Crippen LogP contribution >= 0.6 is 0 Å². The summed E-state index contributed by atoms with van der Waals surface area (Å²) in [5, 5.41) is 0. The summed E-state index contributed by atoms with van der Waals surface area (Å²) in [4.78, 5) is 0. The Kier molecular flexibility index (Phi) is 5.91. The van der Waals surface area contributed by atoms with Crippen LogP contribution in [0.3, 0.4) is 0 Å². The van der Waals surface area contributed by atoms with Crippen molar-refractivity contribution >= 4 is 0 Å². The molecule has 0 aromatic rings. The summed E-state index contributed by atoms with van der Waals surface area (Å²) in [5.41, 5.74) is 0. The first-order valence-corrected chi connectivity index (χ1v) is 4.51. The first-order chi connectivity index (χ1) is 5.20. The molecule has 0 N–H and O–H groups in total. The quantitative estimate of drug-likeness (QED) is 0.537. The van der Waals surface area contributed by atoms with Gasteiger partial charge in [0.1, 0.15) is 0 Å². The van der Waals surface area contributed by atoms with Gasteiger partial charge in [-0.15, -0.1) is 0 Å². The van der Waals surface area contributed by atoms with Gasteiger partial charge in [0.05, 0.1) is 0 Å².